The fourth-order valence-electron chi connectivity index (χ4n) is 2.14. The second-order valence-corrected chi connectivity index (χ2v) is 8.94. The number of fused-ring (bicyclic) bond motifs is 2. The van der Waals surface area contributed by atoms with Crippen molar-refractivity contribution in [1.82, 2.24) is 0 Å². The van der Waals surface area contributed by atoms with Gasteiger partial charge >= 0.3 is 26.2 Å². The molecule has 0 saturated heterocycles. The SMILES string of the molecule is CP(=O)([O-])[O-].CP(=O)([O-])[O-].[Zr+4].c1ccc2[cH-]ccc2c1.c1ccc2[cH-]ccc2c1. The van der Waals surface area contributed by atoms with Crippen LogP contribution >= 0.6 is 15.2 Å². The first-order valence-electron chi connectivity index (χ1n) is 8.13. The van der Waals surface area contributed by atoms with Gasteiger partial charge in [-0.1, -0.05) is 27.3 Å². The smallest absolute Gasteiger partial charge is 0.811 e. The molecule has 4 rings (SSSR count). The molecule has 0 aliphatic rings. The summed E-state index contributed by atoms with van der Waals surface area (Å²) in [6.45, 7) is 1.26. The Hall–Kier alpha value is -1.16. The summed E-state index contributed by atoms with van der Waals surface area (Å²) in [5.41, 5.74) is 0. The topological polar surface area (TPSA) is 126 Å². The summed E-state index contributed by atoms with van der Waals surface area (Å²) in [4.78, 5) is 36.4. The molecule has 6 nitrogen and oxygen atoms in total. The van der Waals surface area contributed by atoms with Crippen LogP contribution in [0.3, 0.4) is 0 Å². The van der Waals surface area contributed by atoms with Crippen LogP contribution in [0.1, 0.15) is 0 Å². The molecule has 0 saturated carbocycles. The second-order valence-electron chi connectivity index (χ2n) is 5.85. The average molecular weight is 510 g/mol. The minimum Gasteiger partial charge on any atom is -0.811 e. The van der Waals surface area contributed by atoms with Gasteiger partial charge in [0, 0.05) is 0 Å². The Bertz CT molecular complexity index is 898. The van der Waals surface area contributed by atoms with Gasteiger partial charge in [-0.3, -0.25) is 0 Å². The molecule has 0 aliphatic heterocycles. The van der Waals surface area contributed by atoms with Crippen LogP contribution in [0.25, 0.3) is 21.5 Å². The third-order valence-corrected chi connectivity index (χ3v) is 3.10. The van der Waals surface area contributed by atoms with Crippen LogP contribution < -0.4 is 19.6 Å². The van der Waals surface area contributed by atoms with Crippen LogP contribution in [0.5, 0.6) is 0 Å². The molecule has 0 N–H and O–H groups in total. The van der Waals surface area contributed by atoms with Crippen molar-refractivity contribution in [3.05, 3.63) is 84.9 Å². The van der Waals surface area contributed by atoms with E-state index in [0.29, 0.717) is 13.3 Å². The molecule has 9 heteroatoms. The van der Waals surface area contributed by atoms with E-state index in [1.807, 2.05) is 0 Å². The third kappa shape index (κ3) is 15.4. The predicted molar refractivity (Wildman–Crippen MR) is 106 cm³/mol. The standard InChI is InChI=1S/2C9H7.2CH5O3P.Zr/c2*1-2-5-9-7-3-6-8(9)4-1;2*1-5(2,3)4;/h2*1-7H;2*1H3,(H2,2,3,4);/q2*-1;;;+4/p-4. The molecule has 0 fully saturated rings. The van der Waals surface area contributed by atoms with E-state index in [2.05, 4.69) is 84.9 Å². The van der Waals surface area contributed by atoms with Crippen LogP contribution in [-0.2, 0) is 35.3 Å². The van der Waals surface area contributed by atoms with Crippen molar-refractivity contribution >= 4 is 36.7 Å². The van der Waals surface area contributed by atoms with Crippen molar-refractivity contribution in [2.45, 2.75) is 0 Å². The van der Waals surface area contributed by atoms with Gasteiger partial charge in [0.25, 0.3) is 0 Å². The zero-order valence-electron chi connectivity index (χ0n) is 15.9. The number of benzene rings is 2. The molecule has 4 aromatic carbocycles. The fraction of sp³-hybridized carbons (Fsp3) is 0.100. The summed E-state index contributed by atoms with van der Waals surface area (Å²) in [7, 11) is -8.28. The van der Waals surface area contributed by atoms with E-state index >= 15 is 0 Å². The Labute approximate surface area is 189 Å². The van der Waals surface area contributed by atoms with Crippen LogP contribution in [0.15, 0.2) is 84.9 Å². The van der Waals surface area contributed by atoms with Crippen molar-refractivity contribution in [3.63, 3.8) is 0 Å². The first-order chi connectivity index (χ1) is 12.9. The molecule has 0 aromatic heterocycles. The number of rotatable bonds is 0. The summed E-state index contributed by atoms with van der Waals surface area (Å²) < 4.78 is 18.2. The van der Waals surface area contributed by atoms with Gasteiger partial charge in [-0.05, 0) is 13.3 Å². The van der Waals surface area contributed by atoms with E-state index < -0.39 is 15.2 Å². The first kappa shape index (κ1) is 27.8. The predicted octanol–water partition coefficient (Wildman–Crippen LogP) is 2.17. The van der Waals surface area contributed by atoms with E-state index in [0.717, 1.165) is 0 Å². The molecular formula is C20H20O6P2Zr-2. The van der Waals surface area contributed by atoms with Crippen molar-refractivity contribution in [3.8, 4) is 0 Å². The van der Waals surface area contributed by atoms with Gasteiger partial charge in [0.2, 0.25) is 0 Å². The van der Waals surface area contributed by atoms with Gasteiger partial charge in [0.15, 0.2) is 0 Å². The van der Waals surface area contributed by atoms with Gasteiger partial charge in [-0.25, -0.2) is 0 Å². The van der Waals surface area contributed by atoms with Crippen LogP contribution in [-0.4, -0.2) is 13.3 Å². The van der Waals surface area contributed by atoms with Crippen molar-refractivity contribution in [1.29, 1.82) is 0 Å². The van der Waals surface area contributed by atoms with Crippen molar-refractivity contribution in [2.24, 2.45) is 0 Å². The molecule has 0 spiro atoms. The van der Waals surface area contributed by atoms with Crippen LogP contribution in [0.2, 0.25) is 0 Å². The van der Waals surface area contributed by atoms with Crippen molar-refractivity contribution in [2.75, 3.05) is 13.3 Å². The Kier molecular flexibility index (Phi) is 12.7. The van der Waals surface area contributed by atoms with Gasteiger partial charge in [-0.15, -0.1) is 59.3 Å². The summed E-state index contributed by atoms with van der Waals surface area (Å²) in [6.07, 6.45) is 0. The molecule has 0 atom stereocenters. The molecule has 0 bridgehead atoms. The molecule has 0 unspecified atom stereocenters. The molecule has 0 heterocycles. The van der Waals surface area contributed by atoms with E-state index in [-0.39, 0.29) is 26.2 Å². The first-order valence-corrected chi connectivity index (χ1v) is 12.1. The van der Waals surface area contributed by atoms with E-state index in [1.165, 1.54) is 21.5 Å². The maximum absolute atomic E-state index is 9.10. The number of hydrogen-bond acceptors (Lipinski definition) is 6. The number of hydrogen-bond donors (Lipinski definition) is 0. The normalized spacial score (nSPS) is 10.4. The molecule has 0 amide bonds. The molecule has 0 radical (unpaired) electrons. The van der Waals surface area contributed by atoms with Crippen LogP contribution in [0, 0.1) is 0 Å². The molecule has 29 heavy (non-hydrogen) atoms. The quantitative estimate of drug-likeness (QED) is 0.264. The molecule has 0 aliphatic carbocycles. The summed E-state index contributed by atoms with van der Waals surface area (Å²) in [5.74, 6) is 0. The monoisotopic (exact) mass is 508 g/mol. The van der Waals surface area contributed by atoms with Gasteiger partial charge in [0.05, 0.1) is 0 Å². The van der Waals surface area contributed by atoms with Crippen molar-refractivity contribution < 1.29 is 54.9 Å². The van der Waals surface area contributed by atoms with Gasteiger partial charge in [-0.2, -0.15) is 35.0 Å². The van der Waals surface area contributed by atoms with Gasteiger partial charge in [0.1, 0.15) is 0 Å². The zero-order chi connectivity index (χ0) is 21.2. The third-order valence-electron chi connectivity index (χ3n) is 3.10. The van der Waals surface area contributed by atoms with Gasteiger partial charge < -0.3 is 28.7 Å². The summed E-state index contributed by atoms with van der Waals surface area (Å²) >= 11 is 0. The minimum absolute atomic E-state index is 0. The Morgan fingerprint density at radius 3 is 1.17 bits per heavy atom. The van der Waals surface area contributed by atoms with E-state index in [4.69, 9.17) is 28.7 Å². The molecular weight excluding hydrogens is 489 g/mol. The molecule has 152 valence electrons. The Morgan fingerprint density at radius 1 is 0.621 bits per heavy atom. The summed E-state index contributed by atoms with van der Waals surface area (Å²) in [5, 5.41) is 5.32. The fourth-order valence-corrected chi connectivity index (χ4v) is 2.14. The van der Waals surface area contributed by atoms with Crippen LogP contribution in [0.4, 0.5) is 0 Å². The Morgan fingerprint density at radius 2 is 0.897 bits per heavy atom. The zero-order valence-corrected chi connectivity index (χ0v) is 20.2. The average Bonchev–Trinajstić information content (AvgIpc) is 3.21. The Balaban J connectivity index is 0.000000373. The van der Waals surface area contributed by atoms with E-state index in [1.54, 1.807) is 0 Å². The van der Waals surface area contributed by atoms with E-state index in [9.17, 15) is 0 Å². The maximum Gasteiger partial charge on any atom is 4.00 e. The maximum atomic E-state index is 9.10. The second kappa shape index (κ2) is 13.2. The molecule has 4 aromatic rings. The summed E-state index contributed by atoms with van der Waals surface area (Å²) in [6, 6.07) is 29.3. The minimum atomic E-state index is -4.14. The largest absolute Gasteiger partial charge is 4.00 e.